The normalized spacial score (nSPS) is 16.4. The van der Waals surface area contributed by atoms with Gasteiger partial charge >= 0.3 is 6.03 Å². The van der Waals surface area contributed by atoms with Gasteiger partial charge in [0.2, 0.25) is 0 Å². The molecule has 1 aliphatic rings. The maximum atomic E-state index is 14.4. The number of nitrogens with one attached hydrogen (secondary N) is 2. The number of anilines is 1. The van der Waals surface area contributed by atoms with Crippen molar-refractivity contribution in [2.24, 2.45) is 0 Å². The van der Waals surface area contributed by atoms with Crippen LogP contribution in [0.1, 0.15) is 44.9 Å². The van der Waals surface area contributed by atoms with Crippen molar-refractivity contribution in [2.75, 3.05) is 32.1 Å². The van der Waals surface area contributed by atoms with Crippen molar-refractivity contribution in [3.8, 4) is 11.5 Å². The van der Waals surface area contributed by atoms with Crippen LogP contribution in [0.15, 0.2) is 18.3 Å². The summed E-state index contributed by atoms with van der Waals surface area (Å²) in [6.07, 6.45) is 4.49. The Hall–Kier alpha value is -2.98. The summed E-state index contributed by atoms with van der Waals surface area (Å²) in [4.78, 5) is 22.2. The standard InChI is InChI=1S/C22H29FN6O3/c1-4-28(5-2)22(30)26-18-12-29(19-8-6-7-9-32-19)27-20(18)21-24-16-10-14(13-31-3)15(23)11-17(16)25-21/h10-12,19H,4-9,13H2,1-3H3,(H,24,25)(H,26,30). The maximum absolute atomic E-state index is 14.4. The van der Waals surface area contributed by atoms with E-state index < -0.39 is 0 Å². The number of rotatable bonds is 7. The summed E-state index contributed by atoms with van der Waals surface area (Å²) in [6, 6.07) is 2.84. The summed E-state index contributed by atoms with van der Waals surface area (Å²) < 4.78 is 27.0. The molecule has 0 spiro atoms. The predicted octanol–water partition coefficient (Wildman–Crippen LogP) is 4.28. The first-order valence-electron chi connectivity index (χ1n) is 11.0. The maximum Gasteiger partial charge on any atom is 0.321 e. The van der Waals surface area contributed by atoms with Crippen LogP contribution in [0.4, 0.5) is 14.9 Å². The van der Waals surface area contributed by atoms with Crippen molar-refractivity contribution < 1.29 is 18.7 Å². The summed E-state index contributed by atoms with van der Waals surface area (Å²) >= 11 is 0. The van der Waals surface area contributed by atoms with E-state index in [1.54, 1.807) is 21.8 Å². The summed E-state index contributed by atoms with van der Waals surface area (Å²) in [5.41, 5.74) is 2.57. The first-order valence-corrected chi connectivity index (χ1v) is 11.0. The molecule has 1 aromatic carbocycles. The number of methoxy groups -OCH3 is 1. The lowest BCUT2D eigenvalue weighted by molar-refractivity contribution is -0.0393. The largest absolute Gasteiger partial charge is 0.380 e. The number of carbonyl (C=O) groups is 1. The molecule has 2 aromatic heterocycles. The summed E-state index contributed by atoms with van der Waals surface area (Å²) in [6.45, 7) is 5.86. The van der Waals surface area contributed by atoms with Crippen molar-refractivity contribution >= 4 is 22.8 Å². The Kier molecular flexibility index (Phi) is 6.71. The Labute approximate surface area is 185 Å². The number of aromatic amines is 1. The highest BCUT2D eigenvalue weighted by molar-refractivity contribution is 5.93. The molecule has 3 aromatic rings. The number of hydrogen-bond donors (Lipinski definition) is 2. The number of urea groups is 1. The Bertz CT molecular complexity index is 1080. The molecule has 3 heterocycles. The number of imidazole rings is 1. The van der Waals surface area contributed by atoms with Crippen LogP contribution in [0.3, 0.4) is 0 Å². The number of aromatic nitrogens is 4. The topological polar surface area (TPSA) is 97.3 Å². The Morgan fingerprint density at radius 3 is 2.88 bits per heavy atom. The van der Waals surface area contributed by atoms with Crippen molar-refractivity contribution in [3.63, 3.8) is 0 Å². The number of hydrogen-bond acceptors (Lipinski definition) is 5. The second kappa shape index (κ2) is 9.66. The minimum Gasteiger partial charge on any atom is -0.380 e. The average molecular weight is 445 g/mol. The predicted molar refractivity (Wildman–Crippen MR) is 119 cm³/mol. The van der Waals surface area contributed by atoms with Gasteiger partial charge in [-0.1, -0.05) is 0 Å². The van der Waals surface area contributed by atoms with Crippen LogP contribution in [0.5, 0.6) is 0 Å². The molecule has 9 nitrogen and oxygen atoms in total. The van der Waals surface area contributed by atoms with Gasteiger partial charge in [-0.2, -0.15) is 5.10 Å². The van der Waals surface area contributed by atoms with Gasteiger partial charge in [0.1, 0.15) is 12.0 Å². The Morgan fingerprint density at radius 1 is 1.38 bits per heavy atom. The quantitative estimate of drug-likeness (QED) is 0.567. The number of halogens is 1. The monoisotopic (exact) mass is 444 g/mol. The van der Waals surface area contributed by atoms with Crippen molar-refractivity contribution in [1.29, 1.82) is 0 Å². The fourth-order valence-electron chi connectivity index (χ4n) is 3.90. The number of H-pyrrole nitrogens is 1. The van der Waals surface area contributed by atoms with Crippen molar-refractivity contribution in [3.05, 3.63) is 29.7 Å². The van der Waals surface area contributed by atoms with Gasteiger partial charge in [0.05, 0.1) is 29.5 Å². The molecular weight excluding hydrogens is 415 g/mol. The van der Waals surface area contributed by atoms with E-state index in [0.717, 1.165) is 19.3 Å². The van der Waals surface area contributed by atoms with Gasteiger partial charge in [-0.3, -0.25) is 0 Å². The zero-order valence-electron chi connectivity index (χ0n) is 18.7. The van der Waals surface area contributed by atoms with Gasteiger partial charge in [-0.05, 0) is 39.2 Å². The highest BCUT2D eigenvalue weighted by atomic mass is 19.1. The smallest absolute Gasteiger partial charge is 0.321 e. The number of fused-ring (bicyclic) bond motifs is 1. The van der Waals surface area contributed by atoms with Gasteiger partial charge in [0.15, 0.2) is 11.5 Å². The van der Waals surface area contributed by atoms with Crippen molar-refractivity contribution in [1.82, 2.24) is 24.6 Å². The van der Waals surface area contributed by atoms with Gasteiger partial charge in [0, 0.05) is 38.4 Å². The molecule has 0 aliphatic carbocycles. The minimum absolute atomic E-state index is 0.162. The number of amides is 2. The van der Waals surface area contributed by atoms with Crippen molar-refractivity contribution in [2.45, 2.75) is 45.9 Å². The van der Waals surface area contributed by atoms with Gasteiger partial charge in [-0.15, -0.1) is 0 Å². The van der Waals surface area contributed by atoms with E-state index in [9.17, 15) is 9.18 Å². The molecule has 1 fully saturated rings. The molecule has 0 saturated carbocycles. The number of benzene rings is 1. The average Bonchev–Trinajstić information content (AvgIpc) is 3.39. The third-order valence-corrected chi connectivity index (χ3v) is 5.65. The summed E-state index contributed by atoms with van der Waals surface area (Å²) in [7, 11) is 1.52. The zero-order chi connectivity index (χ0) is 22.7. The molecule has 1 unspecified atom stereocenters. The molecule has 4 rings (SSSR count). The summed E-state index contributed by atoms with van der Waals surface area (Å²) in [5.74, 6) is 0.0620. The number of ether oxygens (including phenoxy) is 2. The SMILES string of the molecule is CCN(CC)C(=O)Nc1cn(C2CCCCO2)nc1-c1nc2cc(F)c(COC)cc2[nH]1. The molecular formula is C22H29FN6O3. The lowest BCUT2D eigenvalue weighted by Gasteiger charge is -2.22. The molecule has 10 heteroatoms. The van der Waals surface area contributed by atoms with E-state index in [0.29, 0.717) is 53.5 Å². The number of carbonyl (C=O) groups excluding carboxylic acids is 1. The van der Waals surface area contributed by atoms with Crippen LogP contribution >= 0.6 is 0 Å². The second-order valence-corrected chi connectivity index (χ2v) is 7.77. The molecule has 2 amide bonds. The first-order chi connectivity index (χ1) is 15.5. The lowest BCUT2D eigenvalue weighted by Crippen LogP contribution is -2.34. The molecule has 1 atom stereocenters. The molecule has 1 aliphatic heterocycles. The van der Waals surface area contributed by atoms with Gasteiger partial charge in [0.25, 0.3) is 0 Å². The molecule has 1 saturated heterocycles. The number of nitrogens with zero attached hydrogens (tertiary/aromatic N) is 4. The second-order valence-electron chi connectivity index (χ2n) is 7.77. The van der Waals surface area contributed by atoms with E-state index in [1.165, 1.54) is 13.2 Å². The van der Waals surface area contributed by atoms with Crippen LogP contribution in [-0.4, -0.2) is 57.5 Å². The van der Waals surface area contributed by atoms with E-state index in [1.807, 2.05) is 13.8 Å². The molecule has 172 valence electrons. The van der Waals surface area contributed by atoms with Crippen LogP contribution in [0.2, 0.25) is 0 Å². The third kappa shape index (κ3) is 4.46. The first kappa shape index (κ1) is 22.2. The molecule has 2 N–H and O–H groups in total. The molecule has 0 radical (unpaired) electrons. The van der Waals surface area contributed by atoms with Crippen LogP contribution in [0, 0.1) is 5.82 Å². The van der Waals surface area contributed by atoms with Gasteiger partial charge in [-0.25, -0.2) is 18.9 Å². The Morgan fingerprint density at radius 2 is 2.19 bits per heavy atom. The fraction of sp³-hybridized carbons (Fsp3) is 0.500. The van der Waals surface area contributed by atoms with E-state index >= 15 is 0 Å². The van der Waals surface area contributed by atoms with E-state index in [4.69, 9.17) is 14.6 Å². The highest BCUT2D eigenvalue weighted by Crippen LogP contribution is 2.31. The van der Waals surface area contributed by atoms with E-state index in [2.05, 4.69) is 15.3 Å². The zero-order valence-corrected chi connectivity index (χ0v) is 18.7. The fourth-order valence-corrected chi connectivity index (χ4v) is 3.90. The molecule has 32 heavy (non-hydrogen) atoms. The molecule has 0 bridgehead atoms. The van der Waals surface area contributed by atoms with Crippen LogP contribution < -0.4 is 5.32 Å². The third-order valence-electron chi connectivity index (χ3n) is 5.65. The Balaban J connectivity index is 1.73. The summed E-state index contributed by atoms with van der Waals surface area (Å²) in [5, 5.41) is 7.64. The van der Waals surface area contributed by atoms with Crippen LogP contribution in [-0.2, 0) is 16.1 Å². The lowest BCUT2D eigenvalue weighted by atomic mass is 10.2. The van der Waals surface area contributed by atoms with Crippen LogP contribution in [0.25, 0.3) is 22.6 Å². The highest BCUT2D eigenvalue weighted by Gasteiger charge is 2.24. The van der Waals surface area contributed by atoms with Gasteiger partial charge < -0.3 is 24.7 Å². The van der Waals surface area contributed by atoms with E-state index in [-0.39, 0.29) is 24.7 Å². The minimum atomic E-state index is -0.381.